The number of para-hydroxylation sites is 1. The lowest BCUT2D eigenvalue weighted by atomic mass is 10.2. The third-order valence-corrected chi connectivity index (χ3v) is 2.77. The summed E-state index contributed by atoms with van der Waals surface area (Å²) in [5, 5.41) is 3.99. The largest absolute Gasteiger partial charge is 0.298 e. The Balaban J connectivity index is 2.26. The highest BCUT2D eigenvalue weighted by atomic mass is 16.1. The molecule has 1 heterocycles. The molecule has 1 atom stereocenters. The SMILES string of the molecule is CC1C(=O)CN(c2ccccc2)N1C. The number of nitrogens with zero attached hydrogens (tertiary/aromatic N) is 2. The maximum Gasteiger partial charge on any atom is 0.172 e. The number of Topliss-reactive ketones (excluding diaryl/α,β-unsaturated/α-hetero) is 1. The van der Waals surface area contributed by atoms with Gasteiger partial charge in [-0.2, -0.15) is 0 Å². The Kier molecular flexibility index (Phi) is 2.25. The molecular formula is C11H14N2O. The minimum absolute atomic E-state index is 0.00444. The van der Waals surface area contributed by atoms with Crippen LogP contribution in [0.2, 0.25) is 0 Å². The van der Waals surface area contributed by atoms with Gasteiger partial charge in [0.25, 0.3) is 0 Å². The number of anilines is 1. The molecule has 0 amide bonds. The quantitative estimate of drug-likeness (QED) is 0.667. The van der Waals surface area contributed by atoms with Crippen LogP contribution in [-0.4, -0.2) is 30.4 Å². The Morgan fingerprint density at radius 2 is 1.93 bits per heavy atom. The molecule has 0 bridgehead atoms. The van der Waals surface area contributed by atoms with Crippen LogP contribution < -0.4 is 5.01 Å². The molecule has 0 aliphatic carbocycles. The molecule has 3 nitrogen and oxygen atoms in total. The van der Waals surface area contributed by atoms with Gasteiger partial charge < -0.3 is 0 Å². The first kappa shape index (κ1) is 9.21. The lowest BCUT2D eigenvalue weighted by Gasteiger charge is -2.27. The van der Waals surface area contributed by atoms with Crippen molar-refractivity contribution in [3.05, 3.63) is 30.3 Å². The van der Waals surface area contributed by atoms with Gasteiger partial charge in [-0.3, -0.25) is 9.80 Å². The topological polar surface area (TPSA) is 23.6 Å². The van der Waals surface area contributed by atoms with Crippen molar-refractivity contribution < 1.29 is 4.79 Å². The van der Waals surface area contributed by atoms with Crippen LogP contribution in [0.4, 0.5) is 5.69 Å². The first-order valence-electron chi connectivity index (χ1n) is 4.78. The first-order chi connectivity index (χ1) is 6.70. The molecule has 2 rings (SSSR count). The average Bonchev–Trinajstić information content (AvgIpc) is 2.47. The van der Waals surface area contributed by atoms with E-state index < -0.39 is 0 Å². The predicted molar refractivity (Wildman–Crippen MR) is 56.0 cm³/mol. The highest BCUT2D eigenvalue weighted by Gasteiger charge is 2.32. The van der Waals surface area contributed by atoms with Gasteiger partial charge in [0, 0.05) is 7.05 Å². The molecule has 0 aromatic heterocycles. The van der Waals surface area contributed by atoms with Crippen molar-refractivity contribution >= 4 is 11.5 Å². The summed E-state index contributed by atoms with van der Waals surface area (Å²) >= 11 is 0. The van der Waals surface area contributed by atoms with Crippen molar-refractivity contribution in [1.82, 2.24) is 5.01 Å². The summed E-state index contributed by atoms with van der Waals surface area (Å²) in [6, 6.07) is 9.97. The van der Waals surface area contributed by atoms with Gasteiger partial charge in [-0.15, -0.1) is 0 Å². The molecule has 1 saturated heterocycles. The smallest absolute Gasteiger partial charge is 0.172 e. The fraction of sp³-hybridized carbons (Fsp3) is 0.364. The van der Waals surface area contributed by atoms with Crippen LogP contribution >= 0.6 is 0 Å². The Morgan fingerprint density at radius 3 is 2.43 bits per heavy atom. The van der Waals surface area contributed by atoms with Gasteiger partial charge in [-0.25, -0.2) is 5.01 Å². The van der Waals surface area contributed by atoms with Crippen molar-refractivity contribution in [2.45, 2.75) is 13.0 Å². The van der Waals surface area contributed by atoms with E-state index in [1.54, 1.807) is 0 Å². The molecular weight excluding hydrogens is 176 g/mol. The van der Waals surface area contributed by atoms with Crippen molar-refractivity contribution in [2.24, 2.45) is 0 Å². The molecule has 1 aliphatic rings. The Labute approximate surface area is 83.9 Å². The molecule has 1 aromatic carbocycles. The Morgan fingerprint density at radius 1 is 1.29 bits per heavy atom. The van der Waals surface area contributed by atoms with Gasteiger partial charge in [0.1, 0.15) is 0 Å². The van der Waals surface area contributed by atoms with Crippen molar-refractivity contribution in [2.75, 3.05) is 18.6 Å². The van der Waals surface area contributed by atoms with Crippen molar-refractivity contribution in [1.29, 1.82) is 0 Å². The van der Waals surface area contributed by atoms with E-state index in [0.29, 0.717) is 6.54 Å². The zero-order valence-electron chi connectivity index (χ0n) is 8.47. The second-order valence-electron chi connectivity index (χ2n) is 3.61. The van der Waals surface area contributed by atoms with Crippen LogP contribution in [0.5, 0.6) is 0 Å². The molecule has 1 fully saturated rings. The molecule has 0 saturated carbocycles. The van der Waals surface area contributed by atoms with Crippen molar-refractivity contribution in [3.8, 4) is 0 Å². The molecule has 3 heteroatoms. The fourth-order valence-corrected chi connectivity index (χ4v) is 1.68. The normalized spacial score (nSPS) is 23.1. The highest BCUT2D eigenvalue weighted by molar-refractivity contribution is 5.90. The molecule has 74 valence electrons. The van der Waals surface area contributed by atoms with Gasteiger partial charge in [-0.1, -0.05) is 18.2 Å². The number of hydrogen-bond acceptors (Lipinski definition) is 3. The van der Waals surface area contributed by atoms with E-state index in [4.69, 9.17) is 0 Å². The van der Waals surface area contributed by atoms with Crippen LogP contribution in [0.25, 0.3) is 0 Å². The molecule has 1 aromatic rings. The highest BCUT2D eigenvalue weighted by Crippen LogP contribution is 2.21. The standard InChI is InChI=1S/C11H14N2O/c1-9-11(14)8-13(12(9)2)10-6-4-3-5-7-10/h3-7,9H,8H2,1-2H3. The molecule has 1 aliphatic heterocycles. The number of rotatable bonds is 1. The summed E-state index contributed by atoms with van der Waals surface area (Å²) in [6.45, 7) is 2.42. The summed E-state index contributed by atoms with van der Waals surface area (Å²) in [4.78, 5) is 11.5. The fourth-order valence-electron chi connectivity index (χ4n) is 1.68. The zero-order valence-corrected chi connectivity index (χ0v) is 8.47. The van der Waals surface area contributed by atoms with Crippen molar-refractivity contribution in [3.63, 3.8) is 0 Å². The predicted octanol–water partition coefficient (Wildman–Crippen LogP) is 1.31. The zero-order chi connectivity index (χ0) is 10.1. The number of likely N-dealkylation sites (N-methyl/N-ethyl adjacent to an activating group) is 1. The van der Waals surface area contributed by atoms with Gasteiger partial charge >= 0.3 is 0 Å². The van der Waals surface area contributed by atoms with E-state index in [0.717, 1.165) is 5.69 Å². The average molecular weight is 190 g/mol. The summed E-state index contributed by atoms with van der Waals surface area (Å²) in [6.07, 6.45) is 0. The summed E-state index contributed by atoms with van der Waals surface area (Å²) in [5.41, 5.74) is 1.08. The van der Waals surface area contributed by atoms with Gasteiger partial charge in [0.2, 0.25) is 0 Å². The van der Waals surface area contributed by atoms with E-state index >= 15 is 0 Å². The molecule has 1 unspecified atom stereocenters. The van der Waals surface area contributed by atoms with Crippen LogP contribution in [0.3, 0.4) is 0 Å². The van der Waals surface area contributed by atoms with E-state index in [2.05, 4.69) is 0 Å². The summed E-state index contributed by atoms with van der Waals surface area (Å²) in [5.74, 6) is 0.274. The van der Waals surface area contributed by atoms with Gasteiger partial charge in [0.05, 0.1) is 18.3 Å². The Hall–Kier alpha value is -1.35. The molecule has 0 spiro atoms. The monoisotopic (exact) mass is 190 g/mol. The van der Waals surface area contributed by atoms with Crippen LogP contribution in [-0.2, 0) is 4.79 Å². The second-order valence-corrected chi connectivity index (χ2v) is 3.61. The van der Waals surface area contributed by atoms with Crippen LogP contribution in [0.1, 0.15) is 6.92 Å². The van der Waals surface area contributed by atoms with E-state index in [-0.39, 0.29) is 11.8 Å². The number of hydrogen-bond donors (Lipinski definition) is 0. The number of carbonyl (C=O) groups excluding carboxylic acids is 1. The lowest BCUT2D eigenvalue weighted by Crippen LogP contribution is -2.36. The number of benzene rings is 1. The number of carbonyl (C=O) groups is 1. The molecule has 14 heavy (non-hydrogen) atoms. The van der Waals surface area contributed by atoms with Gasteiger partial charge in [-0.05, 0) is 19.1 Å². The number of hydrazine groups is 1. The second kappa shape index (κ2) is 3.42. The minimum Gasteiger partial charge on any atom is -0.298 e. The van der Waals surface area contributed by atoms with Crippen LogP contribution in [0.15, 0.2) is 30.3 Å². The van der Waals surface area contributed by atoms with E-state index in [9.17, 15) is 4.79 Å². The lowest BCUT2D eigenvalue weighted by molar-refractivity contribution is -0.118. The summed E-state index contributed by atoms with van der Waals surface area (Å²) < 4.78 is 0. The molecule has 0 radical (unpaired) electrons. The van der Waals surface area contributed by atoms with Crippen LogP contribution in [0, 0.1) is 0 Å². The van der Waals surface area contributed by atoms with E-state index in [1.807, 2.05) is 54.3 Å². The Bertz CT molecular complexity index is 336. The van der Waals surface area contributed by atoms with Gasteiger partial charge in [0.15, 0.2) is 5.78 Å². The molecule has 0 N–H and O–H groups in total. The van der Waals surface area contributed by atoms with E-state index in [1.165, 1.54) is 0 Å². The third-order valence-electron chi connectivity index (χ3n) is 2.77. The number of ketones is 1. The maximum atomic E-state index is 11.5. The summed E-state index contributed by atoms with van der Waals surface area (Å²) in [7, 11) is 1.95. The third kappa shape index (κ3) is 1.40. The first-order valence-corrected chi connectivity index (χ1v) is 4.78. The maximum absolute atomic E-state index is 11.5. The minimum atomic E-state index is -0.00444.